The number of nitrogens with one attached hydrogen (secondary N) is 1. The maximum Gasteiger partial charge on any atom is 0.478 e. The van der Waals surface area contributed by atoms with Crippen molar-refractivity contribution in [2.45, 2.75) is 25.6 Å². The summed E-state index contributed by atoms with van der Waals surface area (Å²) in [7, 11) is 0. The van der Waals surface area contributed by atoms with E-state index < -0.39 is 13.3 Å². The first-order valence-electron chi connectivity index (χ1n) is 4.91. The summed E-state index contributed by atoms with van der Waals surface area (Å²) in [6.45, 7) is -2.62. The summed E-state index contributed by atoms with van der Waals surface area (Å²) in [5, 5.41) is 3.22. The molecule has 1 saturated carbocycles. The second kappa shape index (κ2) is 2.90. The molecule has 0 bridgehead atoms. The fraction of sp³-hybridized carbons (Fsp3) is 1.00. The third-order valence-corrected chi connectivity index (χ3v) is 3.38. The normalized spacial score (nSPS) is 39.5. The third kappa shape index (κ3) is 2.01. The quantitative estimate of drug-likeness (QED) is 0.661. The van der Waals surface area contributed by atoms with Gasteiger partial charge in [0.05, 0.1) is 0 Å². The Balaban J connectivity index is 1.78. The van der Waals surface area contributed by atoms with Crippen molar-refractivity contribution < 1.29 is 12.9 Å². The molecule has 0 aromatic rings. The summed E-state index contributed by atoms with van der Waals surface area (Å²) in [6, 6.07) is 0. The molecule has 5 heteroatoms. The van der Waals surface area contributed by atoms with Gasteiger partial charge in [-0.3, -0.25) is 0 Å². The number of rotatable bonds is 2. The average Bonchev–Trinajstić information content (AvgIpc) is 2.30. The van der Waals surface area contributed by atoms with Gasteiger partial charge in [0.1, 0.15) is 0 Å². The lowest BCUT2D eigenvalue weighted by Gasteiger charge is -2.46. The predicted octanol–water partition coefficient (Wildman–Crippen LogP) is 2.22. The van der Waals surface area contributed by atoms with Gasteiger partial charge in [-0.1, -0.05) is 12.2 Å². The van der Waals surface area contributed by atoms with Crippen LogP contribution < -0.4 is 5.32 Å². The molecule has 1 heterocycles. The summed E-state index contributed by atoms with van der Waals surface area (Å²) in [6.07, 6.45) is 2.15. The minimum absolute atomic E-state index is 0.0695. The Morgan fingerprint density at radius 2 is 2.00 bits per heavy atom. The summed E-state index contributed by atoms with van der Waals surface area (Å²) in [5.74, 6) is -0.0695. The molecule has 2 rings (SSSR count). The van der Waals surface area contributed by atoms with E-state index in [1.165, 1.54) is 0 Å². The molecule has 1 N–H and O–H groups in total. The minimum atomic E-state index is -4.55. The summed E-state index contributed by atoms with van der Waals surface area (Å²) in [5.41, 5.74) is 0.256. The Labute approximate surface area is 76.1 Å². The van der Waals surface area contributed by atoms with Crippen molar-refractivity contribution >= 4 is 6.98 Å². The van der Waals surface area contributed by atoms with Gasteiger partial charge in [-0.25, -0.2) is 0 Å². The molecule has 0 amide bonds. The molecule has 13 heavy (non-hydrogen) atoms. The number of hydrogen-bond acceptors (Lipinski definition) is 1. The van der Waals surface area contributed by atoms with Gasteiger partial charge in [0.15, 0.2) is 0 Å². The van der Waals surface area contributed by atoms with Crippen molar-refractivity contribution in [3.63, 3.8) is 0 Å². The standard InChI is InChI=1S/C8H14BF3N/c10-9(11,12)5-7-3-8(4-7)1-2-13-6-8/h7,13H,1-6H2/q-1. The fourth-order valence-electron chi connectivity index (χ4n) is 2.85. The highest BCUT2D eigenvalue weighted by Gasteiger charge is 2.47. The van der Waals surface area contributed by atoms with Crippen molar-refractivity contribution in [3.05, 3.63) is 0 Å². The second-order valence-corrected chi connectivity index (χ2v) is 4.65. The second-order valence-electron chi connectivity index (χ2n) is 4.65. The summed E-state index contributed by atoms with van der Waals surface area (Å²) >= 11 is 0. The van der Waals surface area contributed by atoms with Crippen LogP contribution in [0, 0.1) is 11.3 Å². The lowest BCUT2D eigenvalue weighted by Crippen LogP contribution is -2.41. The molecular weight excluding hydrogens is 178 g/mol. The Kier molecular flexibility index (Phi) is 2.09. The van der Waals surface area contributed by atoms with Crippen LogP contribution in [0.3, 0.4) is 0 Å². The van der Waals surface area contributed by atoms with Crippen LogP contribution in [0.15, 0.2) is 0 Å². The van der Waals surface area contributed by atoms with E-state index in [-0.39, 0.29) is 11.3 Å². The molecule has 0 unspecified atom stereocenters. The Morgan fingerprint density at radius 3 is 2.46 bits per heavy atom. The Hall–Kier alpha value is -0.185. The summed E-state index contributed by atoms with van der Waals surface area (Å²) < 4.78 is 36.1. The first-order valence-corrected chi connectivity index (χ1v) is 4.91. The smallest absolute Gasteiger partial charge is 0.449 e. The van der Waals surface area contributed by atoms with Crippen LogP contribution in [0.25, 0.3) is 0 Å². The Morgan fingerprint density at radius 1 is 1.31 bits per heavy atom. The van der Waals surface area contributed by atoms with Gasteiger partial charge in [-0.15, -0.1) is 0 Å². The predicted molar refractivity (Wildman–Crippen MR) is 46.5 cm³/mol. The third-order valence-electron chi connectivity index (χ3n) is 3.38. The van der Waals surface area contributed by atoms with Gasteiger partial charge >= 0.3 is 6.98 Å². The van der Waals surface area contributed by atoms with Crippen LogP contribution in [-0.4, -0.2) is 20.1 Å². The van der Waals surface area contributed by atoms with Crippen LogP contribution in [0.1, 0.15) is 19.3 Å². The van der Waals surface area contributed by atoms with Crippen molar-refractivity contribution in [1.29, 1.82) is 0 Å². The van der Waals surface area contributed by atoms with E-state index in [1.807, 2.05) is 0 Å². The monoisotopic (exact) mass is 192 g/mol. The highest BCUT2D eigenvalue weighted by molar-refractivity contribution is 6.58. The van der Waals surface area contributed by atoms with Crippen molar-refractivity contribution in [2.24, 2.45) is 11.3 Å². The lowest BCUT2D eigenvalue weighted by molar-refractivity contribution is 0.0840. The zero-order valence-corrected chi connectivity index (χ0v) is 7.53. The Bertz CT molecular complexity index is 190. The summed E-state index contributed by atoms with van der Waals surface area (Å²) in [4.78, 5) is 0. The molecule has 1 spiro atoms. The van der Waals surface area contributed by atoms with Crippen LogP contribution in [0.4, 0.5) is 12.9 Å². The molecule has 1 aliphatic heterocycles. The number of halogens is 3. The molecule has 0 aromatic heterocycles. The molecule has 1 nitrogen and oxygen atoms in total. The van der Waals surface area contributed by atoms with Crippen LogP contribution in [0.5, 0.6) is 0 Å². The fourth-order valence-corrected chi connectivity index (χ4v) is 2.85. The van der Waals surface area contributed by atoms with Crippen LogP contribution in [0.2, 0.25) is 6.32 Å². The molecule has 1 saturated heterocycles. The van der Waals surface area contributed by atoms with Gasteiger partial charge in [-0.05, 0) is 31.2 Å². The van der Waals surface area contributed by atoms with Gasteiger partial charge in [-0.2, -0.15) is 0 Å². The van der Waals surface area contributed by atoms with E-state index in [1.54, 1.807) is 0 Å². The van der Waals surface area contributed by atoms with Gasteiger partial charge in [0.25, 0.3) is 0 Å². The topological polar surface area (TPSA) is 12.0 Å². The molecular formula is C8H14BF3N-. The van der Waals surface area contributed by atoms with E-state index in [2.05, 4.69) is 5.32 Å². The first-order chi connectivity index (χ1) is 5.99. The van der Waals surface area contributed by atoms with Crippen molar-refractivity contribution in [3.8, 4) is 0 Å². The molecule has 0 aromatic carbocycles. The highest BCUT2D eigenvalue weighted by atomic mass is 19.4. The SMILES string of the molecule is F[B-](F)(F)CC1CC2(CCNC2)C1. The first kappa shape index (κ1) is 9.37. The van der Waals surface area contributed by atoms with Crippen LogP contribution in [-0.2, 0) is 0 Å². The van der Waals surface area contributed by atoms with E-state index >= 15 is 0 Å². The zero-order chi connectivity index (χ0) is 9.53. The van der Waals surface area contributed by atoms with Crippen molar-refractivity contribution in [1.82, 2.24) is 5.32 Å². The minimum Gasteiger partial charge on any atom is -0.449 e. The molecule has 2 aliphatic rings. The molecule has 0 atom stereocenters. The zero-order valence-electron chi connectivity index (χ0n) is 7.53. The van der Waals surface area contributed by atoms with Crippen LogP contribution >= 0.6 is 0 Å². The maximum absolute atomic E-state index is 12.0. The molecule has 1 aliphatic carbocycles. The molecule has 0 radical (unpaired) electrons. The van der Waals surface area contributed by atoms with Crippen molar-refractivity contribution in [2.75, 3.05) is 13.1 Å². The average molecular weight is 192 g/mol. The highest BCUT2D eigenvalue weighted by Crippen LogP contribution is 2.52. The van der Waals surface area contributed by atoms with Gasteiger partial charge in [0, 0.05) is 6.54 Å². The van der Waals surface area contributed by atoms with Gasteiger partial charge < -0.3 is 18.3 Å². The van der Waals surface area contributed by atoms with E-state index in [9.17, 15) is 12.9 Å². The number of hydrogen-bond donors (Lipinski definition) is 1. The maximum atomic E-state index is 12.0. The molecule has 76 valence electrons. The van der Waals surface area contributed by atoms with Gasteiger partial charge in [0.2, 0.25) is 0 Å². The van der Waals surface area contributed by atoms with E-state index in [0.717, 1.165) is 32.4 Å². The lowest BCUT2D eigenvalue weighted by atomic mass is 9.56. The van der Waals surface area contributed by atoms with E-state index in [4.69, 9.17) is 0 Å². The largest absolute Gasteiger partial charge is 0.478 e. The molecule has 2 fully saturated rings. The van der Waals surface area contributed by atoms with E-state index in [0.29, 0.717) is 0 Å².